The Kier molecular flexibility index (Phi) is 6.33. The average Bonchev–Trinajstić information content (AvgIpc) is 2.10. The molecule has 0 aliphatic rings. The Labute approximate surface area is 88.4 Å². The number of rotatable bonds is 6. The van der Waals surface area contributed by atoms with Crippen molar-refractivity contribution in [2.24, 2.45) is 17.2 Å². The van der Waals surface area contributed by atoms with Crippen LogP contribution in [0.2, 0.25) is 0 Å². The summed E-state index contributed by atoms with van der Waals surface area (Å²) in [6.45, 7) is 12.5. The van der Waals surface area contributed by atoms with E-state index >= 15 is 0 Å². The highest BCUT2D eigenvalue weighted by Gasteiger charge is 2.23. The summed E-state index contributed by atoms with van der Waals surface area (Å²) >= 11 is 0. The van der Waals surface area contributed by atoms with Crippen LogP contribution in [0, 0.1) is 11.3 Å². The van der Waals surface area contributed by atoms with Crippen molar-refractivity contribution < 1.29 is 4.74 Å². The smallest absolute Gasteiger partial charge is 0.0633 e. The van der Waals surface area contributed by atoms with Crippen LogP contribution in [0.25, 0.3) is 0 Å². The molecule has 0 saturated carbocycles. The maximum absolute atomic E-state index is 5.48. The normalized spacial score (nSPS) is 16.7. The molecule has 0 amide bonds. The van der Waals surface area contributed by atoms with E-state index in [4.69, 9.17) is 10.6 Å². The van der Waals surface area contributed by atoms with Gasteiger partial charge in [-0.15, -0.1) is 0 Å². The fraction of sp³-hybridized carbons (Fsp3) is 1.00. The van der Waals surface area contributed by atoms with Crippen LogP contribution in [0.3, 0.4) is 0 Å². The van der Waals surface area contributed by atoms with E-state index in [1.807, 2.05) is 6.92 Å². The van der Waals surface area contributed by atoms with Gasteiger partial charge < -0.3 is 4.74 Å². The van der Waals surface area contributed by atoms with Crippen molar-refractivity contribution in [1.29, 1.82) is 0 Å². The summed E-state index contributed by atoms with van der Waals surface area (Å²) in [4.78, 5) is 0. The van der Waals surface area contributed by atoms with Gasteiger partial charge in [0.05, 0.1) is 6.61 Å². The minimum atomic E-state index is 0.268. The van der Waals surface area contributed by atoms with Gasteiger partial charge in [-0.05, 0) is 24.7 Å². The van der Waals surface area contributed by atoms with Gasteiger partial charge in [-0.2, -0.15) is 0 Å². The third kappa shape index (κ3) is 5.58. The number of hydrogen-bond acceptors (Lipinski definition) is 3. The van der Waals surface area contributed by atoms with Gasteiger partial charge in [0.15, 0.2) is 0 Å². The lowest BCUT2D eigenvalue weighted by atomic mass is 9.78. The van der Waals surface area contributed by atoms with Crippen molar-refractivity contribution in [1.82, 2.24) is 5.43 Å². The number of nitrogens with one attached hydrogen (secondary N) is 1. The fourth-order valence-electron chi connectivity index (χ4n) is 1.22. The molecular weight excluding hydrogens is 176 g/mol. The molecule has 0 saturated heterocycles. The zero-order chi connectivity index (χ0) is 11.2. The molecule has 0 bridgehead atoms. The van der Waals surface area contributed by atoms with Crippen LogP contribution in [0.4, 0.5) is 0 Å². The van der Waals surface area contributed by atoms with Gasteiger partial charge in [0.2, 0.25) is 0 Å². The van der Waals surface area contributed by atoms with Gasteiger partial charge in [-0.25, -0.2) is 0 Å². The molecule has 3 nitrogen and oxygen atoms in total. The fourth-order valence-corrected chi connectivity index (χ4v) is 1.22. The third-order valence-corrected chi connectivity index (χ3v) is 2.88. The van der Waals surface area contributed by atoms with Crippen LogP contribution >= 0.6 is 0 Å². The second-order valence-corrected chi connectivity index (χ2v) is 5.03. The van der Waals surface area contributed by atoms with Gasteiger partial charge in [-0.3, -0.25) is 11.3 Å². The average molecular weight is 202 g/mol. The SMILES string of the molecule is CCOCC(CC(C)C(C)(C)C)NN. The van der Waals surface area contributed by atoms with E-state index < -0.39 is 0 Å². The Hall–Kier alpha value is -0.120. The lowest BCUT2D eigenvalue weighted by molar-refractivity contribution is 0.104. The number of nitrogens with two attached hydrogens (primary N) is 1. The predicted octanol–water partition coefficient (Wildman–Crippen LogP) is 1.93. The molecular formula is C11H26N2O. The van der Waals surface area contributed by atoms with Crippen LogP contribution in [0.1, 0.15) is 41.0 Å². The van der Waals surface area contributed by atoms with Gasteiger partial charge >= 0.3 is 0 Å². The molecule has 0 rings (SSSR count). The van der Waals surface area contributed by atoms with Crippen LogP contribution in [-0.4, -0.2) is 19.3 Å². The topological polar surface area (TPSA) is 47.3 Å². The quantitative estimate of drug-likeness (QED) is 0.511. The van der Waals surface area contributed by atoms with Crippen molar-refractivity contribution >= 4 is 0 Å². The van der Waals surface area contributed by atoms with E-state index in [0.717, 1.165) is 13.0 Å². The molecule has 0 aromatic rings. The zero-order valence-corrected chi connectivity index (χ0v) is 10.3. The summed E-state index contributed by atoms with van der Waals surface area (Å²) in [7, 11) is 0. The van der Waals surface area contributed by atoms with Gasteiger partial charge in [-0.1, -0.05) is 27.7 Å². The van der Waals surface area contributed by atoms with E-state index in [-0.39, 0.29) is 6.04 Å². The van der Waals surface area contributed by atoms with E-state index in [1.54, 1.807) is 0 Å². The number of ether oxygens (including phenoxy) is 1. The maximum Gasteiger partial charge on any atom is 0.0633 e. The summed E-state index contributed by atoms with van der Waals surface area (Å²) < 4.78 is 5.36. The van der Waals surface area contributed by atoms with E-state index in [9.17, 15) is 0 Å². The molecule has 0 aliphatic carbocycles. The van der Waals surface area contributed by atoms with E-state index in [0.29, 0.717) is 17.9 Å². The molecule has 0 aliphatic heterocycles. The molecule has 3 N–H and O–H groups in total. The van der Waals surface area contributed by atoms with Crippen LogP contribution in [-0.2, 0) is 4.74 Å². The first kappa shape index (κ1) is 13.9. The lowest BCUT2D eigenvalue weighted by Gasteiger charge is -2.30. The van der Waals surface area contributed by atoms with E-state index in [2.05, 4.69) is 33.1 Å². The zero-order valence-electron chi connectivity index (χ0n) is 10.3. The second kappa shape index (κ2) is 6.38. The summed E-state index contributed by atoms with van der Waals surface area (Å²) in [5.41, 5.74) is 3.15. The molecule has 2 atom stereocenters. The molecule has 0 aromatic carbocycles. The van der Waals surface area contributed by atoms with Crippen LogP contribution < -0.4 is 11.3 Å². The van der Waals surface area contributed by atoms with Crippen molar-refractivity contribution in [2.45, 2.75) is 47.1 Å². The standard InChI is InChI=1S/C11H26N2O/c1-6-14-8-10(13-12)7-9(2)11(3,4)5/h9-10,13H,6-8,12H2,1-5H3. The minimum absolute atomic E-state index is 0.268. The Morgan fingerprint density at radius 1 is 1.36 bits per heavy atom. The monoisotopic (exact) mass is 202 g/mol. The molecule has 0 fully saturated rings. The maximum atomic E-state index is 5.48. The second-order valence-electron chi connectivity index (χ2n) is 5.03. The first-order valence-electron chi connectivity index (χ1n) is 5.45. The highest BCUT2D eigenvalue weighted by atomic mass is 16.5. The first-order valence-corrected chi connectivity index (χ1v) is 5.45. The Balaban J connectivity index is 3.92. The largest absolute Gasteiger partial charge is 0.380 e. The first-order chi connectivity index (χ1) is 6.41. The highest BCUT2D eigenvalue weighted by Crippen LogP contribution is 2.28. The summed E-state index contributed by atoms with van der Waals surface area (Å²) in [6, 6.07) is 0.268. The van der Waals surface area contributed by atoms with Gasteiger partial charge in [0, 0.05) is 12.6 Å². The third-order valence-electron chi connectivity index (χ3n) is 2.88. The predicted molar refractivity (Wildman–Crippen MR) is 60.8 cm³/mol. The number of hydrogen-bond donors (Lipinski definition) is 2. The Morgan fingerprint density at radius 2 is 1.93 bits per heavy atom. The molecule has 0 radical (unpaired) electrons. The van der Waals surface area contributed by atoms with Gasteiger partial charge in [0.1, 0.15) is 0 Å². The lowest BCUT2D eigenvalue weighted by Crippen LogP contribution is -2.41. The van der Waals surface area contributed by atoms with Crippen molar-refractivity contribution in [2.75, 3.05) is 13.2 Å². The molecule has 0 spiro atoms. The van der Waals surface area contributed by atoms with Gasteiger partial charge in [0.25, 0.3) is 0 Å². The molecule has 3 heteroatoms. The molecule has 0 heterocycles. The van der Waals surface area contributed by atoms with E-state index in [1.165, 1.54) is 0 Å². The molecule has 86 valence electrons. The number of hydrazine groups is 1. The minimum Gasteiger partial charge on any atom is -0.380 e. The molecule has 0 aromatic heterocycles. The van der Waals surface area contributed by atoms with Crippen LogP contribution in [0.15, 0.2) is 0 Å². The summed E-state index contributed by atoms with van der Waals surface area (Å²) in [5, 5.41) is 0. The highest BCUT2D eigenvalue weighted by molar-refractivity contribution is 4.75. The molecule has 2 unspecified atom stereocenters. The van der Waals surface area contributed by atoms with Crippen molar-refractivity contribution in [3.8, 4) is 0 Å². The summed E-state index contributed by atoms with van der Waals surface area (Å²) in [5.74, 6) is 6.10. The molecule has 14 heavy (non-hydrogen) atoms. The van der Waals surface area contributed by atoms with Crippen LogP contribution in [0.5, 0.6) is 0 Å². The summed E-state index contributed by atoms with van der Waals surface area (Å²) in [6.07, 6.45) is 1.06. The van der Waals surface area contributed by atoms with Crippen molar-refractivity contribution in [3.63, 3.8) is 0 Å². The van der Waals surface area contributed by atoms with Crippen molar-refractivity contribution in [3.05, 3.63) is 0 Å². The Bertz CT molecular complexity index is 143. The Morgan fingerprint density at radius 3 is 2.29 bits per heavy atom.